The Bertz CT molecular complexity index is 1210. The van der Waals surface area contributed by atoms with Crippen LogP contribution in [0.4, 0.5) is 4.39 Å². The van der Waals surface area contributed by atoms with Crippen LogP contribution in [0.5, 0.6) is 0 Å². The van der Waals surface area contributed by atoms with Crippen molar-refractivity contribution >= 4 is 34.4 Å². The number of carboxylic acids is 1. The average Bonchev–Trinajstić information content (AvgIpc) is 3.26. The number of aromatic nitrogens is 1. The third-order valence-electron chi connectivity index (χ3n) is 6.75. The maximum absolute atomic E-state index is 14.1. The van der Waals surface area contributed by atoms with Gasteiger partial charge in [-0.25, -0.2) is 4.39 Å². The Labute approximate surface area is 190 Å². The molecule has 0 aliphatic heterocycles. The molecule has 0 spiro atoms. The molecule has 5 rings (SSSR count). The SMILES string of the molecule is O=C(O)Cn1c2c(c3cc(F)cc(Cl)c31)CC(NC(=O)CC1Cc3ccccc3C1)CC2. The Balaban J connectivity index is 1.33. The molecule has 1 aromatic heterocycles. The van der Waals surface area contributed by atoms with Gasteiger partial charge in [0.25, 0.3) is 0 Å². The van der Waals surface area contributed by atoms with E-state index in [1.807, 2.05) is 12.1 Å². The fraction of sp³-hybridized carbons (Fsp3) is 0.360. The van der Waals surface area contributed by atoms with E-state index in [0.717, 1.165) is 24.1 Å². The predicted octanol–water partition coefficient (Wildman–Crippen LogP) is 4.30. The summed E-state index contributed by atoms with van der Waals surface area (Å²) < 4.78 is 15.8. The van der Waals surface area contributed by atoms with E-state index in [1.54, 1.807) is 4.57 Å². The summed E-state index contributed by atoms with van der Waals surface area (Å²) in [5.41, 5.74) is 4.96. The second-order valence-corrected chi connectivity index (χ2v) is 9.35. The van der Waals surface area contributed by atoms with Gasteiger partial charge in [-0.05, 0) is 66.8 Å². The first-order valence-electron chi connectivity index (χ1n) is 11.0. The van der Waals surface area contributed by atoms with Crippen LogP contribution in [0, 0.1) is 11.7 Å². The number of nitrogens with one attached hydrogen (secondary N) is 1. The van der Waals surface area contributed by atoms with Crippen LogP contribution in [0.1, 0.15) is 35.2 Å². The summed E-state index contributed by atoms with van der Waals surface area (Å²) in [6.45, 7) is -0.226. The number of aliphatic carboxylic acids is 1. The van der Waals surface area contributed by atoms with Crippen LogP contribution >= 0.6 is 11.6 Å². The van der Waals surface area contributed by atoms with Gasteiger partial charge in [-0.3, -0.25) is 9.59 Å². The van der Waals surface area contributed by atoms with E-state index in [1.165, 1.54) is 23.3 Å². The molecule has 2 aliphatic rings. The molecule has 1 amide bonds. The molecule has 0 saturated carbocycles. The van der Waals surface area contributed by atoms with Gasteiger partial charge in [0.15, 0.2) is 0 Å². The van der Waals surface area contributed by atoms with E-state index in [0.29, 0.717) is 42.5 Å². The Morgan fingerprint density at radius 1 is 1.16 bits per heavy atom. The lowest BCUT2D eigenvalue weighted by Crippen LogP contribution is -2.39. The molecule has 2 aromatic carbocycles. The van der Waals surface area contributed by atoms with Crippen molar-refractivity contribution in [1.82, 2.24) is 9.88 Å². The first kappa shape index (κ1) is 21.0. The Kier molecular flexibility index (Phi) is 5.41. The van der Waals surface area contributed by atoms with E-state index in [2.05, 4.69) is 17.4 Å². The zero-order valence-corrected chi connectivity index (χ0v) is 18.3. The molecule has 0 radical (unpaired) electrons. The van der Waals surface area contributed by atoms with Crippen molar-refractivity contribution in [1.29, 1.82) is 0 Å². The van der Waals surface area contributed by atoms with Crippen LogP contribution in [0.15, 0.2) is 36.4 Å². The Morgan fingerprint density at radius 2 is 1.88 bits per heavy atom. The number of carboxylic acid groups (broad SMARTS) is 1. The Hall–Kier alpha value is -2.86. The van der Waals surface area contributed by atoms with Crippen molar-refractivity contribution in [3.8, 4) is 0 Å². The number of amides is 1. The topological polar surface area (TPSA) is 71.3 Å². The summed E-state index contributed by atoms with van der Waals surface area (Å²) in [6, 6.07) is 10.9. The molecular weight excluding hydrogens is 431 g/mol. The minimum absolute atomic E-state index is 0.0368. The summed E-state index contributed by atoms with van der Waals surface area (Å²) in [5.74, 6) is -1.07. The van der Waals surface area contributed by atoms with E-state index < -0.39 is 11.8 Å². The van der Waals surface area contributed by atoms with Crippen LogP contribution < -0.4 is 5.32 Å². The molecular formula is C25H24ClFN2O3. The second kappa shape index (κ2) is 8.24. The molecule has 7 heteroatoms. The lowest BCUT2D eigenvalue weighted by molar-refractivity contribution is -0.137. The number of nitrogens with zero attached hydrogens (tertiary/aromatic N) is 1. The van der Waals surface area contributed by atoms with Crippen molar-refractivity contribution in [2.24, 2.45) is 5.92 Å². The highest BCUT2D eigenvalue weighted by molar-refractivity contribution is 6.35. The molecule has 0 bridgehead atoms. The fourth-order valence-corrected chi connectivity index (χ4v) is 5.78. The summed E-state index contributed by atoms with van der Waals surface area (Å²) in [6.07, 6.45) is 4.20. The highest BCUT2D eigenvalue weighted by Crippen LogP contribution is 2.37. The van der Waals surface area contributed by atoms with Crippen LogP contribution in [0.2, 0.25) is 5.02 Å². The number of carbonyl (C=O) groups is 2. The first-order valence-corrected chi connectivity index (χ1v) is 11.3. The molecule has 32 heavy (non-hydrogen) atoms. The Morgan fingerprint density at radius 3 is 2.56 bits per heavy atom. The zero-order chi connectivity index (χ0) is 22.4. The average molecular weight is 455 g/mol. The van der Waals surface area contributed by atoms with Gasteiger partial charge < -0.3 is 15.0 Å². The van der Waals surface area contributed by atoms with Gasteiger partial charge in [0.1, 0.15) is 12.4 Å². The lowest BCUT2D eigenvalue weighted by atomic mass is 9.91. The molecule has 1 heterocycles. The minimum Gasteiger partial charge on any atom is -0.480 e. The fourth-order valence-electron chi connectivity index (χ4n) is 5.47. The molecule has 2 aliphatic carbocycles. The van der Waals surface area contributed by atoms with Crippen molar-refractivity contribution in [2.75, 3.05) is 0 Å². The van der Waals surface area contributed by atoms with Gasteiger partial charge in [-0.2, -0.15) is 0 Å². The molecule has 5 nitrogen and oxygen atoms in total. The molecule has 0 saturated heterocycles. The number of carbonyl (C=O) groups excluding carboxylic acids is 1. The van der Waals surface area contributed by atoms with E-state index in [9.17, 15) is 19.1 Å². The quantitative estimate of drug-likeness (QED) is 0.604. The first-order chi connectivity index (χ1) is 15.4. The van der Waals surface area contributed by atoms with Gasteiger partial charge in [-0.1, -0.05) is 35.9 Å². The predicted molar refractivity (Wildman–Crippen MR) is 120 cm³/mol. The van der Waals surface area contributed by atoms with Crippen LogP contribution in [0.25, 0.3) is 10.9 Å². The molecule has 1 unspecified atom stereocenters. The molecule has 1 atom stereocenters. The van der Waals surface area contributed by atoms with Gasteiger partial charge >= 0.3 is 5.97 Å². The summed E-state index contributed by atoms with van der Waals surface area (Å²) in [7, 11) is 0. The standard InChI is InChI=1S/C25H24ClFN2O3/c26-21-11-17(27)10-20-19-12-18(5-6-22(19)29(25(20)21)13-24(31)32)28-23(30)9-14-7-15-3-1-2-4-16(15)8-14/h1-4,10-11,14,18H,5-9,12-13H2,(H,28,30)(H,31,32). The third-order valence-corrected chi connectivity index (χ3v) is 7.03. The largest absolute Gasteiger partial charge is 0.480 e. The normalized spacial score (nSPS) is 17.9. The number of hydrogen-bond donors (Lipinski definition) is 2. The van der Waals surface area contributed by atoms with Crippen LogP contribution in [-0.2, 0) is 41.8 Å². The highest BCUT2D eigenvalue weighted by atomic mass is 35.5. The van der Waals surface area contributed by atoms with Crippen molar-refractivity contribution in [3.05, 3.63) is 69.6 Å². The van der Waals surface area contributed by atoms with Crippen molar-refractivity contribution in [3.63, 3.8) is 0 Å². The molecule has 0 fully saturated rings. The second-order valence-electron chi connectivity index (χ2n) is 8.94. The van der Waals surface area contributed by atoms with E-state index in [-0.39, 0.29) is 23.5 Å². The van der Waals surface area contributed by atoms with E-state index in [4.69, 9.17) is 11.6 Å². The number of benzene rings is 2. The number of fused-ring (bicyclic) bond motifs is 4. The third kappa shape index (κ3) is 3.88. The zero-order valence-electron chi connectivity index (χ0n) is 17.5. The molecule has 2 N–H and O–H groups in total. The summed E-state index contributed by atoms with van der Waals surface area (Å²) in [4.78, 5) is 24.2. The van der Waals surface area contributed by atoms with Gasteiger partial charge in [0, 0.05) is 23.5 Å². The van der Waals surface area contributed by atoms with Gasteiger partial charge in [0.05, 0.1) is 10.5 Å². The monoisotopic (exact) mass is 454 g/mol. The molecule has 166 valence electrons. The maximum atomic E-state index is 14.1. The van der Waals surface area contributed by atoms with Gasteiger partial charge in [-0.15, -0.1) is 0 Å². The van der Waals surface area contributed by atoms with Crippen LogP contribution in [-0.4, -0.2) is 27.6 Å². The number of hydrogen-bond acceptors (Lipinski definition) is 2. The van der Waals surface area contributed by atoms with Crippen molar-refractivity contribution < 1.29 is 19.1 Å². The highest BCUT2D eigenvalue weighted by Gasteiger charge is 2.29. The number of rotatable bonds is 5. The smallest absolute Gasteiger partial charge is 0.323 e. The summed E-state index contributed by atoms with van der Waals surface area (Å²) in [5, 5.41) is 13.4. The summed E-state index contributed by atoms with van der Waals surface area (Å²) >= 11 is 6.30. The van der Waals surface area contributed by atoms with E-state index >= 15 is 0 Å². The number of halogens is 2. The lowest BCUT2D eigenvalue weighted by Gasteiger charge is -2.25. The van der Waals surface area contributed by atoms with Crippen LogP contribution in [0.3, 0.4) is 0 Å². The minimum atomic E-state index is -0.974. The van der Waals surface area contributed by atoms with Crippen molar-refractivity contribution in [2.45, 2.75) is 51.1 Å². The molecule has 3 aromatic rings. The maximum Gasteiger partial charge on any atom is 0.323 e. The van der Waals surface area contributed by atoms with Gasteiger partial charge in [0.2, 0.25) is 5.91 Å².